The molecule has 6 nitrogen and oxygen atoms in total. The van der Waals surface area contributed by atoms with Gasteiger partial charge in [0.1, 0.15) is 5.75 Å². The third kappa shape index (κ3) is 5.29. The van der Waals surface area contributed by atoms with E-state index in [9.17, 15) is 4.79 Å². The Morgan fingerprint density at radius 1 is 0.973 bits per heavy atom. The second-order valence-electron chi connectivity index (χ2n) is 8.70. The number of halogens is 1. The number of aromatic nitrogens is 2. The highest BCUT2D eigenvalue weighted by Crippen LogP contribution is 2.29. The van der Waals surface area contributed by atoms with E-state index in [-0.39, 0.29) is 5.56 Å². The van der Waals surface area contributed by atoms with Gasteiger partial charge in [0.2, 0.25) is 0 Å². The van der Waals surface area contributed by atoms with Crippen molar-refractivity contribution in [2.75, 3.05) is 19.8 Å². The molecule has 0 unspecified atom stereocenters. The zero-order valence-electron chi connectivity index (χ0n) is 20.9. The number of imidazole rings is 1. The van der Waals surface area contributed by atoms with Crippen molar-refractivity contribution >= 4 is 45.0 Å². The summed E-state index contributed by atoms with van der Waals surface area (Å²) in [6.07, 6.45) is 2.58. The van der Waals surface area contributed by atoms with Crippen LogP contribution in [0.3, 0.4) is 0 Å². The van der Waals surface area contributed by atoms with Crippen LogP contribution in [0.2, 0.25) is 5.02 Å². The first-order chi connectivity index (χ1) is 17.9. The summed E-state index contributed by atoms with van der Waals surface area (Å²) in [7, 11) is 0. The van der Waals surface area contributed by atoms with Crippen molar-refractivity contribution in [3.8, 4) is 17.2 Å². The first-order valence-corrected chi connectivity index (χ1v) is 13.3. The van der Waals surface area contributed by atoms with Gasteiger partial charge in [-0.1, -0.05) is 41.1 Å². The average Bonchev–Trinajstić information content (AvgIpc) is 3.39. The van der Waals surface area contributed by atoms with E-state index in [0.29, 0.717) is 47.2 Å². The van der Waals surface area contributed by atoms with Crippen molar-refractivity contribution in [3.63, 3.8) is 0 Å². The summed E-state index contributed by atoms with van der Waals surface area (Å²) >= 11 is 7.61. The van der Waals surface area contributed by atoms with Gasteiger partial charge in [0.15, 0.2) is 16.5 Å². The Labute approximate surface area is 223 Å². The number of nitrogens with zero attached hydrogens (tertiary/aromatic N) is 2. The molecule has 37 heavy (non-hydrogen) atoms. The van der Waals surface area contributed by atoms with E-state index in [0.717, 1.165) is 38.5 Å². The van der Waals surface area contributed by atoms with Crippen LogP contribution in [0.5, 0.6) is 17.2 Å². The Morgan fingerprint density at radius 2 is 1.73 bits per heavy atom. The van der Waals surface area contributed by atoms with Crippen LogP contribution >= 0.6 is 22.9 Å². The van der Waals surface area contributed by atoms with E-state index < -0.39 is 0 Å². The van der Waals surface area contributed by atoms with Crippen LogP contribution in [-0.4, -0.2) is 29.2 Å². The fourth-order valence-corrected chi connectivity index (χ4v) is 5.28. The van der Waals surface area contributed by atoms with Crippen molar-refractivity contribution in [2.24, 2.45) is 0 Å². The quantitative estimate of drug-likeness (QED) is 0.218. The average molecular weight is 535 g/mol. The molecule has 0 saturated carbocycles. The minimum absolute atomic E-state index is 0.0712. The predicted octanol–water partition coefficient (Wildman–Crippen LogP) is 5.97. The van der Waals surface area contributed by atoms with Gasteiger partial charge < -0.3 is 14.2 Å². The lowest BCUT2D eigenvalue weighted by Gasteiger charge is -2.13. The third-order valence-electron chi connectivity index (χ3n) is 5.94. The number of benzene rings is 3. The van der Waals surface area contributed by atoms with E-state index in [2.05, 4.69) is 4.98 Å². The number of aryl methyl sites for hydroxylation is 2. The molecule has 0 aliphatic heterocycles. The molecular weight excluding hydrogens is 508 g/mol. The molecule has 0 spiro atoms. The minimum atomic E-state index is -0.0712. The highest BCUT2D eigenvalue weighted by atomic mass is 35.5. The lowest BCUT2D eigenvalue weighted by Crippen LogP contribution is -2.22. The van der Waals surface area contributed by atoms with E-state index in [1.807, 2.05) is 81.4 Å². The Morgan fingerprint density at radius 3 is 2.51 bits per heavy atom. The highest BCUT2D eigenvalue weighted by molar-refractivity contribution is 7.15. The molecule has 2 heterocycles. The number of ether oxygens (including phenoxy) is 3. The molecule has 190 valence electrons. The molecule has 0 radical (unpaired) electrons. The second kappa shape index (κ2) is 10.8. The molecule has 3 aromatic carbocycles. The van der Waals surface area contributed by atoms with Gasteiger partial charge in [0.25, 0.3) is 5.56 Å². The van der Waals surface area contributed by atoms with Crippen molar-refractivity contribution < 1.29 is 14.2 Å². The van der Waals surface area contributed by atoms with Gasteiger partial charge in [-0.2, -0.15) is 0 Å². The smallest absolute Gasteiger partial charge is 0.274 e. The van der Waals surface area contributed by atoms with E-state index in [1.54, 1.807) is 4.40 Å². The zero-order valence-corrected chi connectivity index (χ0v) is 22.5. The van der Waals surface area contributed by atoms with Gasteiger partial charge in [0.05, 0.1) is 35.4 Å². The Kier molecular flexibility index (Phi) is 7.35. The normalized spacial score (nSPS) is 11.9. The molecule has 5 rings (SSSR count). The molecule has 0 amide bonds. The molecule has 5 aromatic rings. The van der Waals surface area contributed by atoms with Crippen molar-refractivity contribution in [1.82, 2.24) is 9.38 Å². The summed E-state index contributed by atoms with van der Waals surface area (Å²) < 4.78 is 20.0. The van der Waals surface area contributed by atoms with Crippen molar-refractivity contribution in [3.05, 3.63) is 91.2 Å². The molecule has 0 bridgehead atoms. The van der Waals surface area contributed by atoms with Crippen LogP contribution in [0.1, 0.15) is 30.0 Å². The summed E-state index contributed by atoms with van der Waals surface area (Å²) in [5.74, 6) is 2.10. The van der Waals surface area contributed by atoms with Crippen LogP contribution in [0.25, 0.3) is 22.1 Å². The summed E-state index contributed by atoms with van der Waals surface area (Å²) in [6, 6.07) is 17.2. The summed E-state index contributed by atoms with van der Waals surface area (Å²) in [5.41, 5.74) is 4.43. The van der Waals surface area contributed by atoms with Crippen LogP contribution in [0.15, 0.2) is 59.4 Å². The molecule has 0 N–H and O–H groups in total. The highest BCUT2D eigenvalue weighted by Gasteiger charge is 2.12. The Bertz CT molecular complexity index is 1670. The molecule has 0 fully saturated rings. The number of rotatable bonds is 9. The van der Waals surface area contributed by atoms with Crippen molar-refractivity contribution in [1.29, 1.82) is 0 Å². The minimum Gasteiger partial charge on any atom is -0.493 e. The number of fused-ring (bicyclic) bond motifs is 3. The van der Waals surface area contributed by atoms with Crippen LogP contribution < -0.4 is 24.3 Å². The lowest BCUT2D eigenvalue weighted by molar-refractivity contribution is 0.236. The van der Waals surface area contributed by atoms with Gasteiger partial charge in [-0.05, 0) is 79.9 Å². The molecule has 2 aromatic heterocycles. The van der Waals surface area contributed by atoms with Crippen LogP contribution in [-0.2, 0) is 0 Å². The summed E-state index contributed by atoms with van der Waals surface area (Å²) in [4.78, 5) is 18.3. The monoisotopic (exact) mass is 534 g/mol. The standard InChI is InChI=1S/C29H27ClN2O4S/c1-4-34-25-16-20(17-26-28(33)32-23-9-6-5-8-22(23)31-29(32)37-26)10-11-24(25)36-13-7-12-35-21-14-18(2)27(30)19(3)15-21/h5-6,8-11,14-17H,4,7,12-13H2,1-3H3. The molecule has 0 atom stereocenters. The van der Waals surface area contributed by atoms with Crippen molar-refractivity contribution in [2.45, 2.75) is 27.2 Å². The summed E-state index contributed by atoms with van der Waals surface area (Å²) in [5, 5.41) is 0.772. The van der Waals surface area contributed by atoms with Gasteiger partial charge in [-0.15, -0.1) is 0 Å². The van der Waals surface area contributed by atoms with E-state index in [1.165, 1.54) is 11.3 Å². The lowest BCUT2D eigenvalue weighted by atomic mass is 10.1. The molecule has 0 aliphatic rings. The number of para-hydroxylation sites is 2. The van der Waals surface area contributed by atoms with E-state index >= 15 is 0 Å². The Hall–Kier alpha value is -3.55. The number of thiazole rings is 1. The van der Waals surface area contributed by atoms with Gasteiger partial charge in [-0.25, -0.2) is 9.38 Å². The SMILES string of the molecule is CCOc1cc(C=c2sc3nc4ccccc4n3c2=O)ccc1OCCCOc1cc(C)c(Cl)c(C)c1. The predicted molar refractivity (Wildman–Crippen MR) is 150 cm³/mol. The first-order valence-electron chi connectivity index (χ1n) is 12.2. The third-order valence-corrected chi connectivity index (χ3v) is 7.50. The molecule has 0 aliphatic carbocycles. The number of hydrogen-bond acceptors (Lipinski definition) is 6. The molecular formula is C29H27ClN2O4S. The fourth-order valence-electron chi connectivity index (χ4n) is 4.19. The van der Waals surface area contributed by atoms with Crippen LogP contribution in [0, 0.1) is 13.8 Å². The van der Waals surface area contributed by atoms with Gasteiger partial charge in [-0.3, -0.25) is 4.79 Å². The maximum absolute atomic E-state index is 13.1. The first kappa shape index (κ1) is 25.1. The zero-order chi connectivity index (χ0) is 25.9. The Balaban J connectivity index is 1.28. The largest absolute Gasteiger partial charge is 0.493 e. The van der Waals surface area contributed by atoms with E-state index in [4.69, 9.17) is 25.8 Å². The molecule has 8 heteroatoms. The topological polar surface area (TPSA) is 62.1 Å². The van der Waals surface area contributed by atoms with Gasteiger partial charge >= 0.3 is 0 Å². The van der Waals surface area contributed by atoms with Crippen LogP contribution in [0.4, 0.5) is 0 Å². The van der Waals surface area contributed by atoms with Gasteiger partial charge in [0, 0.05) is 11.4 Å². The number of hydrogen-bond donors (Lipinski definition) is 0. The molecule has 0 saturated heterocycles. The maximum atomic E-state index is 13.1. The maximum Gasteiger partial charge on any atom is 0.274 e. The second-order valence-corrected chi connectivity index (χ2v) is 10.1. The fraction of sp³-hybridized carbons (Fsp3) is 0.241. The summed E-state index contributed by atoms with van der Waals surface area (Å²) in [6.45, 7) is 7.38.